The van der Waals surface area contributed by atoms with E-state index >= 15 is 0 Å². The molecule has 2 radical (unpaired) electrons. The van der Waals surface area contributed by atoms with Crippen LogP contribution in [0.1, 0.15) is 47.5 Å². The average Bonchev–Trinajstić information content (AvgIpc) is 2.97. The van der Waals surface area contributed by atoms with Gasteiger partial charge in [0.05, 0.1) is 0 Å². The molecule has 0 N–H and O–H groups in total. The normalized spacial score (nSPS) is 24.2. The van der Waals surface area contributed by atoms with Crippen LogP contribution in [0.2, 0.25) is 0 Å². The van der Waals surface area contributed by atoms with Gasteiger partial charge in [0.2, 0.25) is 0 Å². The maximum absolute atomic E-state index is 4.16. The Kier molecular flexibility index (Phi) is 34.4. The van der Waals surface area contributed by atoms with Crippen molar-refractivity contribution >= 4 is 0 Å². The van der Waals surface area contributed by atoms with Crippen LogP contribution in [-0.4, -0.2) is 38.1 Å². The SMILES string of the molecule is CC.CC.CC1CC[N-]C1.[CH2-]C1CCN(C)C1.[Y].[Y]. The zero-order valence-electron chi connectivity index (χ0n) is 14.2. The molecule has 2 aliphatic rings. The zero-order chi connectivity index (χ0) is 13.7. The summed E-state index contributed by atoms with van der Waals surface area (Å²) in [6.07, 6.45) is 2.61. The summed E-state index contributed by atoms with van der Waals surface area (Å²) >= 11 is 0. The van der Waals surface area contributed by atoms with Crippen molar-refractivity contribution < 1.29 is 65.4 Å². The van der Waals surface area contributed by atoms with E-state index in [-0.39, 0.29) is 65.4 Å². The maximum atomic E-state index is 4.16. The molecule has 0 aromatic heterocycles. The first-order valence-electron chi connectivity index (χ1n) is 7.33. The number of likely N-dealkylation sites (tertiary alicyclic amines) is 1. The largest absolute Gasteiger partial charge is 0.662 e. The van der Waals surface area contributed by atoms with E-state index in [4.69, 9.17) is 0 Å². The van der Waals surface area contributed by atoms with Crippen LogP contribution < -0.4 is 0 Å². The van der Waals surface area contributed by atoms with Crippen LogP contribution in [0.5, 0.6) is 0 Å². The van der Waals surface area contributed by atoms with Crippen LogP contribution in [0.15, 0.2) is 0 Å². The fourth-order valence-corrected chi connectivity index (χ4v) is 1.74. The van der Waals surface area contributed by atoms with Crippen molar-refractivity contribution in [1.82, 2.24) is 4.90 Å². The Bertz CT molecular complexity index is 132. The molecule has 0 aromatic rings. The number of nitrogens with zero attached hydrogens (tertiary/aromatic N) is 2. The molecule has 0 bridgehead atoms. The first kappa shape index (κ1) is 29.2. The third-order valence-corrected chi connectivity index (χ3v) is 2.71. The molecule has 2 saturated heterocycles. The Labute approximate surface area is 173 Å². The second-order valence-electron chi connectivity index (χ2n) is 4.44. The summed E-state index contributed by atoms with van der Waals surface area (Å²) in [5.41, 5.74) is 0. The maximum Gasteiger partial charge on any atom is 0 e. The van der Waals surface area contributed by atoms with Crippen LogP contribution in [-0.2, 0) is 65.4 Å². The van der Waals surface area contributed by atoms with Crippen LogP contribution in [0.4, 0.5) is 0 Å². The van der Waals surface area contributed by atoms with E-state index < -0.39 is 0 Å². The minimum Gasteiger partial charge on any atom is -0.662 e. The topological polar surface area (TPSA) is 17.3 Å². The third kappa shape index (κ3) is 20.1. The molecule has 0 amide bonds. The predicted octanol–water partition coefficient (Wildman–Crippen LogP) is 4.22. The van der Waals surface area contributed by atoms with Gasteiger partial charge in [-0.25, -0.2) is 0 Å². The predicted molar refractivity (Wildman–Crippen MR) is 80.5 cm³/mol. The molecule has 112 valence electrons. The molecule has 4 heteroatoms. The van der Waals surface area contributed by atoms with Gasteiger partial charge < -0.3 is 17.1 Å². The van der Waals surface area contributed by atoms with Gasteiger partial charge in [-0.3, -0.25) is 0 Å². The third-order valence-electron chi connectivity index (χ3n) is 2.71. The quantitative estimate of drug-likeness (QED) is 0.537. The summed E-state index contributed by atoms with van der Waals surface area (Å²) in [5, 5.41) is 4.16. The molecule has 2 nitrogen and oxygen atoms in total. The van der Waals surface area contributed by atoms with Gasteiger partial charge in [0.15, 0.2) is 0 Å². The molecule has 2 heterocycles. The first-order valence-corrected chi connectivity index (χ1v) is 7.33. The molecule has 0 spiro atoms. The summed E-state index contributed by atoms with van der Waals surface area (Å²) in [6, 6.07) is 0. The monoisotopic (exact) mass is 420 g/mol. The summed E-state index contributed by atoms with van der Waals surface area (Å²) in [4.78, 5) is 2.32. The molecule has 19 heavy (non-hydrogen) atoms. The van der Waals surface area contributed by atoms with Crippen LogP contribution in [0.25, 0.3) is 5.32 Å². The molecule has 0 aromatic carbocycles. The van der Waals surface area contributed by atoms with E-state index in [1.165, 1.54) is 25.9 Å². The van der Waals surface area contributed by atoms with Crippen molar-refractivity contribution in [3.63, 3.8) is 0 Å². The van der Waals surface area contributed by atoms with Crippen molar-refractivity contribution in [2.24, 2.45) is 11.8 Å². The zero-order valence-corrected chi connectivity index (χ0v) is 19.8. The molecule has 2 aliphatic heterocycles. The summed E-state index contributed by atoms with van der Waals surface area (Å²) in [5.74, 6) is 1.58. The van der Waals surface area contributed by atoms with E-state index in [1.54, 1.807) is 0 Å². The molecule has 0 saturated carbocycles. The molecule has 2 fully saturated rings. The Morgan fingerprint density at radius 3 is 1.68 bits per heavy atom. The number of rotatable bonds is 0. The van der Waals surface area contributed by atoms with E-state index in [1.807, 2.05) is 27.7 Å². The Morgan fingerprint density at radius 2 is 1.58 bits per heavy atom. The van der Waals surface area contributed by atoms with Crippen molar-refractivity contribution in [3.05, 3.63) is 12.2 Å². The van der Waals surface area contributed by atoms with Crippen molar-refractivity contribution in [3.8, 4) is 0 Å². The Morgan fingerprint density at radius 1 is 1.05 bits per heavy atom. The fourth-order valence-electron chi connectivity index (χ4n) is 1.74. The van der Waals surface area contributed by atoms with Gasteiger partial charge in [0, 0.05) is 65.4 Å². The van der Waals surface area contributed by atoms with Gasteiger partial charge in [0.25, 0.3) is 0 Å². The second kappa shape index (κ2) is 22.4. The van der Waals surface area contributed by atoms with Crippen molar-refractivity contribution in [1.29, 1.82) is 0 Å². The Hall–Kier alpha value is 2.13. The van der Waals surface area contributed by atoms with Gasteiger partial charge in [0.1, 0.15) is 0 Å². The van der Waals surface area contributed by atoms with E-state index in [0.717, 1.165) is 19.0 Å². The van der Waals surface area contributed by atoms with Crippen LogP contribution in [0.3, 0.4) is 0 Å². The van der Waals surface area contributed by atoms with Gasteiger partial charge in [-0.05, 0) is 20.1 Å². The van der Waals surface area contributed by atoms with Crippen LogP contribution >= 0.6 is 0 Å². The summed E-state index contributed by atoms with van der Waals surface area (Å²) in [7, 11) is 2.14. The average molecular weight is 420 g/mol. The molecule has 2 unspecified atom stereocenters. The van der Waals surface area contributed by atoms with E-state index in [2.05, 4.69) is 31.1 Å². The van der Waals surface area contributed by atoms with E-state index in [0.29, 0.717) is 5.92 Å². The minimum absolute atomic E-state index is 0. The Balaban J connectivity index is -0.0000000872. The molecule has 2 rings (SSSR count). The van der Waals surface area contributed by atoms with Crippen LogP contribution in [0, 0.1) is 18.8 Å². The smallest absolute Gasteiger partial charge is 0 e. The van der Waals surface area contributed by atoms with Gasteiger partial charge in [-0.2, -0.15) is 5.92 Å². The second-order valence-corrected chi connectivity index (χ2v) is 4.44. The number of hydrogen-bond donors (Lipinski definition) is 0. The van der Waals surface area contributed by atoms with E-state index in [9.17, 15) is 0 Å². The molecule has 2 atom stereocenters. The first-order chi connectivity index (χ1) is 8.18. The molecular formula is C15H34N2Y2-2. The number of hydrogen-bond acceptors (Lipinski definition) is 1. The summed E-state index contributed by atoms with van der Waals surface area (Å²) < 4.78 is 0. The van der Waals surface area contributed by atoms with Gasteiger partial charge in [-0.1, -0.05) is 53.4 Å². The summed E-state index contributed by atoms with van der Waals surface area (Å²) in [6.45, 7) is 18.9. The van der Waals surface area contributed by atoms with Crippen molar-refractivity contribution in [2.75, 3.05) is 33.2 Å². The van der Waals surface area contributed by atoms with Crippen molar-refractivity contribution in [2.45, 2.75) is 47.5 Å². The van der Waals surface area contributed by atoms with Gasteiger partial charge >= 0.3 is 0 Å². The minimum atomic E-state index is 0. The fraction of sp³-hybridized carbons (Fsp3) is 0.933. The molecular weight excluding hydrogens is 386 g/mol. The molecule has 0 aliphatic carbocycles. The van der Waals surface area contributed by atoms with Gasteiger partial charge in [-0.15, -0.1) is 13.1 Å². The standard InChI is InChI=1S/C6H12N.C5H10N.2C2H6.2Y/c1-6-3-4-7(2)5-6;1-5-2-3-6-4-5;2*1-2;;/h6H,1,3-5H2,2H3;5H,2-4H2,1H3;2*1-2H3;;/q2*-1;;;;.